The van der Waals surface area contributed by atoms with Crippen molar-refractivity contribution in [3.05, 3.63) is 47.0 Å². The first kappa shape index (κ1) is 16.3. The Labute approximate surface area is 153 Å². The van der Waals surface area contributed by atoms with Gasteiger partial charge in [0.1, 0.15) is 32.9 Å². The second-order valence-corrected chi connectivity index (χ2v) is 7.04. The van der Waals surface area contributed by atoms with Crippen molar-refractivity contribution in [2.75, 3.05) is 31.8 Å². The second-order valence-electron chi connectivity index (χ2n) is 6.04. The van der Waals surface area contributed by atoms with Gasteiger partial charge in [-0.05, 0) is 24.3 Å². The lowest BCUT2D eigenvalue weighted by atomic mass is 10.2. The Morgan fingerprint density at radius 1 is 1.23 bits per heavy atom. The third kappa shape index (κ3) is 2.46. The molecule has 26 heavy (non-hydrogen) atoms. The SMILES string of the molecule is COc1ccc(-n2cnc3c(sc4nc(N)cc(N(C)C)c43)c2=O)cc1. The lowest BCUT2D eigenvalue weighted by molar-refractivity contribution is 0.414. The summed E-state index contributed by atoms with van der Waals surface area (Å²) >= 11 is 1.31. The van der Waals surface area contributed by atoms with Crippen LogP contribution in [0.4, 0.5) is 11.5 Å². The van der Waals surface area contributed by atoms with Crippen LogP contribution in [-0.2, 0) is 0 Å². The number of pyridine rings is 1. The molecule has 0 fully saturated rings. The number of nitrogens with two attached hydrogens (primary N) is 1. The van der Waals surface area contributed by atoms with Crippen molar-refractivity contribution < 1.29 is 4.74 Å². The molecule has 3 aromatic heterocycles. The molecule has 0 saturated heterocycles. The monoisotopic (exact) mass is 367 g/mol. The molecule has 4 aromatic rings. The molecule has 1 aromatic carbocycles. The van der Waals surface area contributed by atoms with E-state index in [0.29, 0.717) is 20.9 Å². The van der Waals surface area contributed by atoms with Crippen LogP contribution in [0.15, 0.2) is 41.5 Å². The average molecular weight is 367 g/mol. The third-order valence-electron chi connectivity index (χ3n) is 4.18. The summed E-state index contributed by atoms with van der Waals surface area (Å²) in [5.74, 6) is 1.15. The van der Waals surface area contributed by atoms with Gasteiger partial charge in [-0.25, -0.2) is 9.97 Å². The highest BCUT2D eigenvalue weighted by atomic mass is 32.1. The summed E-state index contributed by atoms with van der Waals surface area (Å²) < 4.78 is 7.25. The molecule has 0 bridgehead atoms. The molecule has 8 heteroatoms. The molecule has 0 saturated carbocycles. The molecular weight excluding hydrogens is 350 g/mol. The molecule has 4 rings (SSSR count). The number of methoxy groups -OCH3 is 1. The number of fused-ring (bicyclic) bond motifs is 3. The van der Waals surface area contributed by atoms with Gasteiger partial charge in [-0.2, -0.15) is 0 Å². The molecule has 2 N–H and O–H groups in total. The first-order valence-corrected chi connectivity index (χ1v) is 8.73. The van der Waals surface area contributed by atoms with Gasteiger partial charge in [-0.3, -0.25) is 9.36 Å². The highest BCUT2D eigenvalue weighted by Crippen LogP contribution is 2.36. The van der Waals surface area contributed by atoms with E-state index in [-0.39, 0.29) is 5.56 Å². The maximum absolute atomic E-state index is 13.0. The van der Waals surface area contributed by atoms with Crippen molar-refractivity contribution in [2.45, 2.75) is 0 Å². The summed E-state index contributed by atoms with van der Waals surface area (Å²) in [7, 11) is 5.46. The number of anilines is 2. The van der Waals surface area contributed by atoms with Crippen molar-refractivity contribution in [3.63, 3.8) is 0 Å². The molecule has 0 aliphatic rings. The van der Waals surface area contributed by atoms with E-state index in [1.54, 1.807) is 19.5 Å². The molecule has 0 atom stereocenters. The topological polar surface area (TPSA) is 86.3 Å². The van der Waals surface area contributed by atoms with E-state index in [0.717, 1.165) is 22.5 Å². The lowest BCUT2D eigenvalue weighted by Gasteiger charge is -2.14. The molecule has 0 unspecified atom stereocenters. The Balaban J connectivity index is 2.00. The Morgan fingerprint density at radius 3 is 2.62 bits per heavy atom. The average Bonchev–Trinajstić information content (AvgIpc) is 3.00. The number of aromatic nitrogens is 3. The van der Waals surface area contributed by atoms with Gasteiger partial charge in [0.2, 0.25) is 0 Å². The molecule has 3 heterocycles. The number of nitrogens with zero attached hydrogens (tertiary/aromatic N) is 4. The zero-order chi connectivity index (χ0) is 18.4. The summed E-state index contributed by atoms with van der Waals surface area (Å²) in [6.45, 7) is 0. The van der Waals surface area contributed by atoms with E-state index in [1.165, 1.54) is 15.9 Å². The molecule has 0 radical (unpaired) electrons. The van der Waals surface area contributed by atoms with Crippen LogP contribution in [0.2, 0.25) is 0 Å². The van der Waals surface area contributed by atoms with Crippen molar-refractivity contribution in [3.8, 4) is 11.4 Å². The minimum Gasteiger partial charge on any atom is -0.497 e. The van der Waals surface area contributed by atoms with Crippen LogP contribution in [-0.4, -0.2) is 35.7 Å². The van der Waals surface area contributed by atoms with Gasteiger partial charge < -0.3 is 15.4 Å². The van der Waals surface area contributed by atoms with Crippen LogP contribution in [0, 0.1) is 0 Å². The van der Waals surface area contributed by atoms with E-state index < -0.39 is 0 Å². The Hall–Kier alpha value is -3.13. The minimum absolute atomic E-state index is 0.133. The van der Waals surface area contributed by atoms with E-state index in [2.05, 4.69) is 9.97 Å². The van der Waals surface area contributed by atoms with E-state index >= 15 is 0 Å². The minimum atomic E-state index is -0.133. The Kier molecular flexibility index (Phi) is 3.77. The fourth-order valence-corrected chi connectivity index (χ4v) is 3.99. The van der Waals surface area contributed by atoms with Crippen molar-refractivity contribution in [2.24, 2.45) is 0 Å². The maximum Gasteiger partial charge on any atom is 0.275 e. The maximum atomic E-state index is 13.0. The number of rotatable bonds is 3. The second kappa shape index (κ2) is 5.99. The summed E-state index contributed by atoms with van der Waals surface area (Å²) in [5.41, 5.74) is 8.06. The number of ether oxygens (including phenoxy) is 1. The number of thiophene rings is 1. The number of nitrogen functional groups attached to an aromatic ring is 1. The first-order chi connectivity index (χ1) is 12.5. The first-order valence-electron chi connectivity index (χ1n) is 7.91. The largest absolute Gasteiger partial charge is 0.497 e. The van der Waals surface area contributed by atoms with Crippen LogP contribution in [0.5, 0.6) is 5.75 Å². The van der Waals surface area contributed by atoms with Crippen molar-refractivity contribution in [1.82, 2.24) is 14.5 Å². The normalized spacial score (nSPS) is 11.2. The molecule has 7 nitrogen and oxygen atoms in total. The third-order valence-corrected chi connectivity index (χ3v) is 5.24. The van der Waals surface area contributed by atoms with Gasteiger partial charge in [0.15, 0.2) is 0 Å². The molecule has 0 aliphatic carbocycles. The Bertz CT molecular complexity index is 1180. The van der Waals surface area contributed by atoms with Crippen LogP contribution in [0.3, 0.4) is 0 Å². The van der Waals surface area contributed by atoms with Gasteiger partial charge >= 0.3 is 0 Å². The molecule has 0 spiro atoms. The van der Waals surface area contributed by atoms with Crippen LogP contribution in [0.1, 0.15) is 0 Å². The highest BCUT2D eigenvalue weighted by molar-refractivity contribution is 7.25. The number of hydrogen-bond acceptors (Lipinski definition) is 7. The standard InChI is InChI=1S/C18H17N5O2S/c1-22(2)12-8-13(19)21-17-14(12)15-16(26-17)18(24)23(9-20-15)10-4-6-11(25-3)7-5-10/h4-9H,1-3H3,(H2,19,21). The quantitative estimate of drug-likeness (QED) is 0.599. The smallest absolute Gasteiger partial charge is 0.275 e. The molecule has 0 aliphatic heterocycles. The molecule has 0 amide bonds. The number of benzene rings is 1. The zero-order valence-electron chi connectivity index (χ0n) is 14.6. The lowest BCUT2D eigenvalue weighted by Crippen LogP contribution is -2.17. The molecule has 132 valence electrons. The van der Waals surface area contributed by atoms with Gasteiger partial charge in [-0.1, -0.05) is 0 Å². The van der Waals surface area contributed by atoms with Gasteiger partial charge in [0.05, 0.1) is 23.9 Å². The Morgan fingerprint density at radius 2 is 1.96 bits per heavy atom. The van der Waals surface area contributed by atoms with Crippen molar-refractivity contribution in [1.29, 1.82) is 0 Å². The van der Waals surface area contributed by atoms with E-state index in [1.807, 2.05) is 43.3 Å². The summed E-state index contributed by atoms with van der Waals surface area (Å²) in [6.07, 6.45) is 1.55. The predicted octanol–water partition coefficient (Wildman–Crippen LogP) is 2.65. The fraction of sp³-hybridized carbons (Fsp3) is 0.167. The zero-order valence-corrected chi connectivity index (χ0v) is 15.4. The van der Waals surface area contributed by atoms with Gasteiger partial charge in [-0.15, -0.1) is 11.3 Å². The van der Waals surface area contributed by atoms with E-state index in [9.17, 15) is 4.79 Å². The predicted molar refractivity (Wildman–Crippen MR) is 106 cm³/mol. The van der Waals surface area contributed by atoms with E-state index in [4.69, 9.17) is 10.5 Å². The number of hydrogen-bond donors (Lipinski definition) is 1. The summed E-state index contributed by atoms with van der Waals surface area (Å²) in [6, 6.07) is 9.06. The summed E-state index contributed by atoms with van der Waals surface area (Å²) in [4.78, 5) is 24.6. The van der Waals surface area contributed by atoms with Crippen molar-refractivity contribution >= 4 is 43.3 Å². The van der Waals surface area contributed by atoms with Crippen LogP contribution in [0.25, 0.3) is 26.1 Å². The van der Waals surface area contributed by atoms with Gasteiger partial charge in [0.25, 0.3) is 5.56 Å². The van der Waals surface area contributed by atoms with Gasteiger partial charge in [0, 0.05) is 20.2 Å². The van der Waals surface area contributed by atoms with Crippen LogP contribution >= 0.6 is 11.3 Å². The summed E-state index contributed by atoms with van der Waals surface area (Å²) in [5, 5.41) is 0.850. The van der Waals surface area contributed by atoms with Crippen LogP contribution < -0.4 is 20.9 Å². The fourth-order valence-electron chi connectivity index (χ4n) is 2.91. The highest BCUT2D eigenvalue weighted by Gasteiger charge is 2.18. The molecular formula is C18H17N5O2S.